The van der Waals surface area contributed by atoms with Gasteiger partial charge in [0.1, 0.15) is 0 Å². The van der Waals surface area contributed by atoms with Gasteiger partial charge in [0.05, 0.1) is 23.3 Å². The van der Waals surface area contributed by atoms with Crippen molar-refractivity contribution in [1.82, 2.24) is 4.90 Å². The number of carbonyl (C=O) groups is 2. The van der Waals surface area contributed by atoms with Crippen LogP contribution in [0.25, 0.3) is 0 Å². The van der Waals surface area contributed by atoms with Gasteiger partial charge in [0, 0.05) is 32.6 Å². The van der Waals surface area contributed by atoms with Crippen LogP contribution in [0.2, 0.25) is 0 Å². The molecule has 160 valence electrons. The third-order valence-corrected chi connectivity index (χ3v) is 6.77. The lowest BCUT2D eigenvalue weighted by Crippen LogP contribution is -2.49. The number of hydrogen-bond donors (Lipinski definition) is 1. The molecule has 0 unspecified atom stereocenters. The Balaban J connectivity index is 1.68. The summed E-state index contributed by atoms with van der Waals surface area (Å²) in [6.07, 6.45) is 6.62. The zero-order valence-corrected chi connectivity index (χ0v) is 17.6. The summed E-state index contributed by atoms with van der Waals surface area (Å²) in [6, 6.07) is 4.21. The first-order chi connectivity index (χ1) is 13.8. The minimum atomic E-state index is -3.93. The van der Waals surface area contributed by atoms with Gasteiger partial charge in [0.25, 0.3) is 0 Å². The van der Waals surface area contributed by atoms with Gasteiger partial charge in [-0.05, 0) is 37.0 Å². The first-order valence-electron chi connectivity index (χ1n) is 10.1. The van der Waals surface area contributed by atoms with Crippen molar-refractivity contribution in [1.29, 1.82) is 0 Å². The van der Waals surface area contributed by atoms with E-state index in [-0.39, 0.29) is 16.4 Å². The second-order valence-corrected chi connectivity index (χ2v) is 9.35. The molecular weight excluding hydrogens is 394 g/mol. The average Bonchev–Trinajstić information content (AvgIpc) is 2.73. The molecule has 2 fully saturated rings. The van der Waals surface area contributed by atoms with Crippen LogP contribution in [-0.2, 0) is 19.6 Å². The summed E-state index contributed by atoms with van der Waals surface area (Å²) in [5.74, 6) is 0.0848. The first-order valence-corrected chi connectivity index (χ1v) is 11.6. The van der Waals surface area contributed by atoms with Crippen molar-refractivity contribution in [2.24, 2.45) is 11.1 Å². The Labute approximate surface area is 172 Å². The number of piperazine rings is 1. The monoisotopic (exact) mass is 423 g/mol. The number of carbonyl (C=O) groups excluding carboxylic acids is 2. The van der Waals surface area contributed by atoms with Crippen molar-refractivity contribution in [3.63, 3.8) is 0 Å². The van der Waals surface area contributed by atoms with Crippen LogP contribution >= 0.6 is 0 Å². The van der Waals surface area contributed by atoms with Crippen LogP contribution in [0.3, 0.4) is 0 Å². The van der Waals surface area contributed by atoms with E-state index >= 15 is 0 Å². The Morgan fingerprint density at radius 3 is 2.34 bits per heavy atom. The molecule has 1 aromatic carbocycles. The van der Waals surface area contributed by atoms with Gasteiger partial charge in [-0.2, -0.15) is 0 Å². The van der Waals surface area contributed by atoms with Crippen LogP contribution in [0.5, 0.6) is 0 Å². The summed E-state index contributed by atoms with van der Waals surface area (Å²) in [5, 5.41) is 5.19. The molecule has 1 saturated carbocycles. The third-order valence-electron chi connectivity index (χ3n) is 5.86. The molecule has 1 aromatic rings. The van der Waals surface area contributed by atoms with Crippen LogP contribution in [0.15, 0.2) is 23.1 Å². The lowest BCUT2D eigenvalue weighted by molar-refractivity contribution is -0.132. The zero-order chi connectivity index (χ0) is 21.0. The predicted molar refractivity (Wildman–Crippen MR) is 109 cm³/mol. The maximum Gasteiger partial charge on any atom is 0.340 e. The SMILES string of the molecule is COC(=O)c1cc(S(N)(=O)=O)ccc1N1CCN(C(=O)CC2CCCCC2)CC1. The number of nitrogens with two attached hydrogens (primary N) is 1. The minimum Gasteiger partial charge on any atom is -0.465 e. The van der Waals surface area contributed by atoms with Gasteiger partial charge in [-0.15, -0.1) is 0 Å². The van der Waals surface area contributed by atoms with E-state index in [2.05, 4.69) is 0 Å². The van der Waals surface area contributed by atoms with Gasteiger partial charge in [-0.25, -0.2) is 18.4 Å². The van der Waals surface area contributed by atoms with E-state index in [1.807, 2.05) is 9.80 Å². The Hall–Kier alpha value is -2.13. The Kier molecular flexibility index (Phi) is 6.79. The molecule has 0 bridgehead atoms. The number of benzene rings is 1. The van der Waals surface area contributed by atoms with E-state index in [1.165, 1.54) is 38.5 Å². The number of primary sulfonamides is 1. The van der Waals surface area contributed by atoms with Gasteiger partial charge in [-0.1, -0.05) is 19.3 Å². The maximum atomic E-state index is 12.6. The van der Waals surface area contributed by atoms with Crippen LogP contribution in [-0.4, -0.2) is 58.5 Å². The van der Waals surface area contributed by atoms with Gasteiger partial charge >= 0.3 is 5.97 Å². The summed E-state index contributed by atoms with van der Waals surface area (Å²) in [6.45, 7) is 2.27. The molecule has 0 radical (unpaired) electrons. The van der Waals surface area contributed by atoms with Crippen LogP contribution < -0.4 is 10.0 Å². The molecule has 1 amide bonds. The number of rotatable bonds is 5. The highest BCUT2D eigenvalue weighted by Crippen LogP contribution is 2.28. The first kappa shape index (κ1) is 21.6. The fraction of sp³-hybridized carbons (Fsp3) is 0.600. The molecule has 3 rings (SSSR count). The third kappa shape index (κ3) is 5.27. The normalized spacial score (nSPS) is 18.6. The molecule has 9 heteroatoms. The van der Waals surface area contributed by atoms with E-state index in [0.717, 1.165) is 12.8 Å². The van der Waals surface area contributed by atoms with Crippen molar-refractivity contribution in [2.75, 3.05) is 38.2 Å². The van der Waals surface area contributed by atoms with E-state index in [9.17, 15) is 18.0 Å². The van der Waals surface area contributed by atoms with Crippen molar-refractivity contribution in [3.8, 4) is 0 Å². The summed E-state index contributed by atoms with van der Waals surface area (Å²) >= 11 is 0. The number of esters is 1. The van der Waals surface area contributed by atoms with Gasteiger partial charge in [0.15, 0.2) is 0 Å². The highest BCUT2D eigenvalue weighted by molar-refractivity contribution is 7.89. The molecule has 1 aliphatic carbocycles. The molecule has 1 saturated heterocycles. The van der Waals surface area contributed by atoms with E-state index < -0.39 is 16.0 Å². The zero-order valence-electron chi connectivity index (χ0n) is 16.8. The lowest BCUT2D eigenvalue weighted by atomic mass is 9.86. The number of ether oxygens (including phenoxy) is 1. The second-order valence-electron chi connectivity index (χ2n) is 7.79. The van der Waals surface area contributed by atoms with Crippen LogP contribution in [0.4, 0.5) is 5.69 Å². The van der Waals surface area contributed by atoms with Crippen molar-refractivity contribution >= 4 is 27.6 Å². The standard InChI is InChI=1S/C20H29N3O5S/c1-28-20(25)17-14-16(29(21,26)27)7-8-18(17)22-9-11-23(12-10-22)19(24)13-15-5-3-2-4-6-15/h7-8,14-15H,2-6,9-13H2,1H3,(H2,21,26,27). The smallest absolute Gasteiger partial charge is 0.340 e. The van der Waals surface area contributed by atoms with Crippen molar-refractivity contribution in [3.05, 3.63) is 23.8 Å². The molecular formula is C20H29N3O5S. The predicted octanol–water partition coefficient (Wildman–Crippen LogP) is 1.74. The quantitative estimate of drug-likeness (QED) is 0.723. The maximum absolute atomic E-state index is 12.6. The Morgan fingerprint density at radius 1 is 1.10 bits per heavy atom. The van der Waals surface area contributed by atoms with E-state index in [0.29, 0.717) is 44.2 Å². The van der Waals surface area contributed by atoms with Gasteiger partial charge in [-0.3, -0.25) is 4.79 Å². The highest BCUT2D eigenvalue weighted by atomic mass is 32.2. The van der Waals surface area contributed by atoms with Crippen molar-refractivity contribution < 1.29 is 22.7 Å². The van der Waals surface area contributed by atoms with E-state index in [4.69, 9.17) is 9.88 Å². The molecule has 8 nitrogen and oxygen atoms in total. The molecule has 0 aromatic heterocycles. The fourth-order valence-corrected chi connectivity index (χ4v) is 4.75. The number of nitrogens with zero attached hydrogens (tertiary/aromatic N) is 2. The number of methoxy groups -OCH3 is 1. The lowest BCUT2D eigenvalue weighted by Gasteiger charge is -2.37. The highest BCUT2D eigenvalue weighted by Gasteiger charge is 2.27. The minimum absolute atomic E-state index is 0.136. The number of anilines is 1. The summed E-state index contributed by atoms with van der Waals surface area (Å²) in [4.78, 5) is 28.6. The molecule has 2 aliphatic rings. The van der Waals surface area contributed by atoms with Crippen LogP contribution in [0, 0.1) is 5.92 Å². The summed E-state index contributed by atoms with van der Waals surface area (Å²) in [7, 11) is -2.68. The Morgan fingerprint density at radius 2 is 1.76 bits per heavy atom. The average molecular weight is 424 g/mol. The number of sulfonamides is 1. The second kappa shape index (κ2) is 9.13. The number of hydrogen-bond acceptors (Lipinski definition) is 6. The molecule has 1 aliphatic heterocycles. The summed E-state index contributed by atoms with van der Waals surface area (Å²) in [5.41, 5.74) is 0.740. The van der Waals surface area contributed by atoms with E-state index in [1.54, 1.807) is 6.07 Å². The molecule has 0 atom stereocenters. The molecule has 0 spiro atoms. The summed E-state index contributed by atoms with van der Waals surface area (Å²) < 4.78 is 28.1. The molecule has 2 N–H and O–H groups in total. The van der Waals surface area contributed by atoms with Crippen LogP contribution in [0.1, 0.15) is 48.9 Å². The molecule has 29 heavy (non-hydrogen) atoms. The van der Waals surface area contributed by atoms with Gasteiger partial charge < -0.3 is 14.5 Å². The number of amides is 1. The van der Waals surface area contributed by atoms with Gasteiger partial charge in [0.2, 0.25) is 15.9 Å². The fourth-order valence-electron chi connectivity index (χ4n) is 4.21. The Bertz CT molecular complexity index is 857. The molecule has 1 heterocycles. The largest absolute Gasteiger partial charge is 0.465 e. The van der Waals surface area contributed by atoms with Crippen molar-refractivity contribution in [2.45, 2.75) is 43.4 Å². The topological polar surface area (TPSA) is 110 Å².